The molecular weight excluding hydrogens is 379 g/mol. The fraction of sp³-hybridized carbons (Fsp3) is 0.278. The van der Waals surface area contributed by atoms with Crippen LogP contribution in [0, 0.1) is 0 Å². The molecule has 10 heteroatoms. The zero-order chi connectivity index (χ0) is 20.6. The first-order chi connectivity index (χ1) is 13.3. The highest BCUT2D eigenvalue weighted by Crippen LogP contribution is 2.29. The van der Waals surface area contributed by atoms with Crippen LogP contribution in [0.25, 0.3) is 0 Å². The molecule has 0 unspecified atom stereocenters. The van der Waals surface area contributed by atoms with Crippen molar-refractivity contribution in [1.29, 1.82) is 0 Å². The summed E-state index contributed by atoms with van der Waals surface area (Å²) < 4.78 is 52.9. The maximum atomic E-state index is 12.5. The Balaban J connectivity index is 2.04. The summed E-state index contributed by atoms with van der Waals surface area (Å²) in [6.07, 6.45) is -2.29. The number of methoxy groups -OCH3 is 1. The first kappa shape index (κ1) is 21.0. The van der Waals surface area contributed by atoms with Gasteiger partial charge in [-0.3, -0.25) is 5.43 Å². The van der Waals surface area contributed by atoms with Crippen LogP contribution >= 0.6 is 0 Å². The molecule has 0 aliphatic heterocycles. The zero-order valence-corrected chi connectivity index (χ0v) is 15.1. The Labute approximate surface area is 159 Å². The van der Waals surface area contributed by atoms with E-state index in [1.165, 1.54) is 19.4 Å². The van der Waals surface area contributed by atoms with Gasteiger partial charge in [0.05, 0.1) is 25.5 Å². The van der Waals surface area contributed by atoms with E-state index in [0.29, 0.717) is 23.7 Å². The molecule has 7 nitrogen and oxygen atoms in total. The summed E-state index contributed by atoms with van der Waals surface area (Å²) in [6, 6.07) is 6.99. The Bertz CT molecular complexity index is 824. The summed E-state index contributed by atoms with van der Waals surface area (Å²) in [6.45, 7) is 1.91. The number of alkyl halides is 3. The number of pyridine rings is 1. The Hall–Kier alpha value is -3.30. The average molecular weight is 397 g/mol. The zero-order valence-electron chi connectivity index (χ0n) is 15.1. The fourth-order valence-electron chi connectivity index (χ4n) is 1.99. The Morgan fingerprint density at radius 2 is 2.00 bits per heavy atom. The van der Waals surface area contributed by atoms with Gasteiger partial charge in [-0.15, -0.1) is 0 Å². The van der Waals surface area contributed by atoms with E-state index in [2.05, 4.69) is 20.2 Å². The minimum atomic E-state index is -4.44. The second-order valence-electron chi connectivity index (χ2n) is 5.30. The van der Waals surface area contributed by atoms with Crippen molar-refractivity contribution < 1.29 is 32.2 Å². The molecule has 1 heterocycles. The number of esters is 1. The van der Waals surface area contributed by atoms with E-state index in [4.69, 9.17) is 9.47 Å². The number of hydrogen-bond acceptors (Lipinski definition) is 7. The highest BCUT2D eigenvalue weighted by Gasteiger charge is 2.30. The van der Waals surface area contributed by atoms with E-state index in [1.54, 1.807) is 25.1 Å². The number of hydrogen-bond donors (Lipinski definition) is 1. The third-order valence-electron chi connectivity index (χ3n) is 3.32. The molecule has 0 aliphatic carbocycles. The van der Waals surface area contributed by atoms with Gasteiger partial charge in [-0.2, -0.15) is 18.3 Å². The monoisotopic (exact) mass is 397 g/mol. The molecule has 0 saturated heterocycles. The van der Waals surface area contributed by atoms with Crippen LogP contribution in [0.3, 0.4) is 0 Å². The molecule has 0 bridgehead atoms. The lowest BCUT2D eigenvalue weighted by Gasteiger charge is -2.11. The maximum absolute atomic E-state index is 12.5. The topological polar surface area (TPSA) is 82.0 Å². The van der Waals surface area contributed by atoms with Gasteiger partial charge in [-0.1, -0.05) is 0 Å². The number of hydrazone groups is 1. The van der Waals surface area contributed by atoms with Crippen LogP contribution in [0.2, 0.25) is 0 Å². The van der Waals surface area contributed by atoms with Crippen molar-refractivity contribution in [2.75, 3.05) is 25.7 Å². The van der Waals surface area contributed by atoms with Crippen molar-refractivity contribution in [2.45, 2.75) is 13.1 Å². The Morgan fingerprint density at radius 1 is 1.21 bits per heavy atom. The van der Waals surface area contributed by atoms with Crippen LogP contribution in [0.4, 0.5) is 19.0 Å². The Kier molecular flexibility index (Phi) is 7.19. The molecule has 0 radical (unpaired) electrons. The molecule has 1 N–H and O–H groups in total. The van der Waals surface area contributed by atoms with Gasteiger partial charge in [-0.25, -0.2) is 9.78 Å². The normalized spacial score (nSPS) is 11.3. The lowest BCUT2D eigenvalue weighted by atomic mass is 10.2. The molecule has 2 aromatic rings. The number of carbonyl (C=O) groups excluding carboxylic acids is 1. The summed E-state index contributed by atoms with van der Waals surface area (Å²) in [4.78, 5) is 14.8. The smallest absolute Gasteiger partial charge is 0.417 e. The molecule has 0 atom stereocenters. The first-order valence-corrected chi connectivity index (χ1v) is 8.12. The van der Waals surface area contributed by atoms with Gasteiger partial charge in [0.25, 0.3) is 0 Å². The third kappa shape index (κ3) is 6.15. The summed E-state index contributed by atoms with van der Waals surface area (Å²) in [5.41, 5.74) is 2.33. The second-order valence-corrected chi connectivity index (χ2v) is 5.30. The molecule has 0 spiro atoms. The predicted molar refractivity (Wildman–Crippen MR) is 95.6 cm³/mol. The highest BCUT2D eigenvalue weighted by molar-refractivity contribution is 5.81. The molecule has 1 aromatic heterocycles. The lowest BCUT2D eigenvalue weighted by molar-refractivity contribution is -0.143. The molecule has 0 aliphatic rings. The van der Waals surface area contributed by atoms with Gasteiger partial charge >= 0.3 is 12.1 Å². The quantitative estimate of drug-likeness (QED) is 0.417. The van der Waals surface area contributed by atoms with E-state index >= 15 is 0 Å². The van der Waals surface area contributed by atoms with Crippen molar-refractivity contribution in [2.24, 2.45) is 5.10 Å². The highest BCUT2D eigenvalue weighted by atomic mass is 19.4. The molecule has 28 heavy (non-hydrogen) atoms. The number of aromatic nitrogens is 1. The summed E-state index contributed by atoms with van der Waals surface area (Å²) in [5.74, 6) is 0.401. The molecule has 2 rings (SSSR count). The van der Waals surface area contributed by atoms with Crippen molar-refractivity contribution >= 4 is 18.0 Å². The summed E-state index contributed by atoms with van der Waals surface area (Å²) in [7, 11) is 1.26. The van der Waals surface area contributed by atoms with Crippen molar-refractivity contribution in [1.82, 2.24) is 4.98 Å². The van der Waals surface area contributed by atoms with Crippen LogP contribution in [0.5, 0.6) is 11.5 Å². The fourth-order valence-corrected chi connectivity index (χ4v) is 1.99. The van der Waals surface area contributed by atoms with Crippen LogP contribution in [-0.2, 0) is 15.7 Å². The van der Waals surface area contributed by atoms with Crippen LogP contribution in [0.15, 0.2) is 41.6 Å². The summed E-state index contributed by atoms with van der Waals surface area (Å²) >= 11 is 0. The van der Waals surface area contributed by atoms with Gasteiger partial charge in [-0.05, 0) is 42.8 Å². The van der Waals surface area contributed by atoms with E-state index in [0.717, 1.165) is 12.3 Å². The van der Waals surface area contributed by atoms with Crippen LogP contribution in [-0.4, -0.2) is 37.5 Å². The largest absolute Gasteiger partial charge is 0.490 e. The number of rotatable bonds is 8. The predicted octanol–water partition coefficient (Wildman–Crippen LogP) is 3.50. The minimum Gasteiger partial charge on any atom is -0.490 e. The summed E-state index contributed by atoms with van der Waals surface area (Å²) in [5, 5.41) is 3.93. The molecule has 150 valence electrons. The van der Waals surface area contributed by atoms with E-state index in [-0.39, 0.29) is 12.4 Å². The average Bonchev–Trinajstić information content (AvgIpc) is 2.67. The van der Waals surface area contributed by atoms with Gasteiger partial charge in [0, 0.05) is 6.20 Å². The number of nitrogens with zero attached hydrogens (tertiary/aromatic N) is 2. The van der Waals surface area contributed by atoms with Gasteiger partial charge < -0.3 is 14.2 Å². The van der Waals surface area contributed by atoms with Crippen LogP contribution in [0.1, 0.15) is 18.1 Å². The number of anilines is 1. The molecule has 0 amide bonds. The third-order valence-corrected chi connectivity index (χ3v) is 3.32. The first-order valence-electron chi connectivity index (χ1n) is 8.12. The minimum absolute atomic E-state index is 0.160. The molecule has 0 fully saturated rings. The van der Waals surface area contributed by atoms with Gasteiger partial charge in [0.15, 0.2) is 18.1 Å². The van der Waals surface area contributed by atoms with Crippen LogP contribution < -0.4 is 14.9 Å². The maximum Gasteiger partial charge on any atom is 0.417 e. The Morgan fingerprint density at radius 3 is 2.61 bits per heavy atom. The number of nitrogens with one attached hydrogen (secondary N) is 1. The number of carbonyl (C=O) groups is 1. The molecule has 0 saturated carbocycles. The van der Waals surface area contributed by atoms with Crippen molar-refractivity contribution in [3.8, 4) is 11.5 Å². The number of halogens is 3. The van der Waals surface area contributed by atoms with Gasteiger partial charge in [0.2, 0.25) is 0 Å². The number of benzene rings is 1. The van der Waals surface area contributed by atoms with E-state index in [1.807, 2.05) is 0 Å². The van der Waals surface area contributed by atoms with Crippen molar-refractivity contribution in [3.05, 3.63) is 47.7 Å². The van der Waals surface area contributed by atoms with E-state index < -0.39 is 17.7 Å². The van der Waals surface area contributed by atoms with Crippen molar-refractivity contribution in [3.63, 3.8) is 0 Å². The molecular formula is C18H18F3N3O4. The SMILES string of the molecule is CCOc1cc(/C=N\Nc2ccc(C(F)(F)F)cn2)ccc1OCC(=O)OC. The van der Waals surface area contributed by atoms with Gasteiger partial charge in [0.1, 0.15) is 5.82 Å². The standard InChI is InChI=1S/C18H18F3N3O4/c1-3-27-15-8-12(4-6-14(15)28-11-17(25)26-2)9-23-24-16-7-5-13(10-22-16)18(19,20)21/h4-10H,3,11H2,1-2H3,(H,22,24)/b23-9-. The number of ether oxygens (including phenoxy) is 3. The lowest BCUT2D eigenvalue weighted by Crippen LogP contribution is -2.13. The van der Waals surface area contributed by atoms with E-state index in [9.17, 15) is 18.0 Å². The second kappa shape index (κ2) is 9.58. The molecule has 1 aromatic carbocycles.